The van der Waals surface area contributed by atoms with Gasteiger partial charge in [-0.2, -0.15) is 8.42 Å². The second-order valence-corrected chi connectivity index (χ2v) is 8.10. The number of fused-ring (bicyclic) bond motifs is 3. The van der Waals surface area contributed by atoms with Crippen LogP contribution >= 0.6 is 11.3 Å². The molecule has 3 aromatic rings. The van der Waals surface area contributed by atoms with E-state index < -0.39 is 34.3 Å². The maximum absolute atomic E-state index is 14.0. The normalized spacial score (nSPS) is 15.9. The van der Waals surface area contributed by atoms with Crippen LogP contribution in [0.25, 0.3) is 10.1 Å². The molecule has 4 rings (SSSR count). The molecule has 2 heterocycles. The van der Waals surface area contributed by atoms with Gasteiger partial charge in [0, 0.05) is 15.6 Å². The first-order valence-corrected chi connectivity index (χ1v) is 9.43. The second kappa shape index (κ2) is 5.50. The molecule has 0 aliphatic carbocycles. The lowest BCUT2D eigenvalue weighted by molar-refractivity contribution is 0.0984. The predicted molar refractivity (Wildman–Crippen MR) is 90.8 cm³/mol. The van der Waals surface area contributed by atoms with Crippen molar-refractivity contribution in [1.82, 2.24) is 4.72 Å². The Kier molecular flexibility index (Phi) is 3.51. The fourth-order valence-corrected chi connectivity index (χ4v) is 5.17. The van der Waals surface area contributed by atoms with Gasteiger partial charge in [-0.15, -0.1) is 11.3 Å². The number of benzene rings is 2. The summed E-state index contributed by atoms with van der Waals surface area (Å²) >= 11 is 1.14. The minimum Gasteiger partial charge on any atom is -0.267 e. The molecule has 1 aliphatic rings. The molecule has 5 nitrogen and oxygen atoms in total. The molecule has 1 aliphatic heterocycles. The predicted octanol–water partition coefficient (Wildman–Crippen LogP) is 3.17. The molecule has 0 spiro atoms. The topological polar surface area (TPSA) is 66.5 Å². The minimum absolute atomic E-state index is 0.124. The van der Waals surface area contributed by atoms with Crippen LogP contribution in [0.4, 0.5) is 14.5 Å². The third-order valence-corrected chi connectivity index (χ3v) is 6.35. The van der Waals surface area contributed by atoms with Gasteiger partial charge in [-0.3, -0.25) is 4.79 Å². The van der Waals surface area contributed by atoms with E-state index >= 15 is 0 Å². The summed E-state index contributed by atoms with van der Waals surface area (Å²) < 4.78 is 56.0. The Bertz CT molecular complexity index is 1130. The molecular formula is C16H10F2N2O3S2. The van der Waals surface area contributed by atoms with Crippen molar-refractivity contribution in [3.8, 4) is 0 Å². The van der Waals surface area contributed by atoms with Crippen molar-refractivity contribution in [3.63, 3.8) is 0 Å². The van der Waals surface area contributed by atoms with Gasteiger partial charge in [-0.05, 0) is 24.3 Å². The first kappa shape index (κ1) is 16.0. The van der Waals surface area contributed by atoms with Crippen LogP contribution in [0.1, 0.15) is 15.2 Å². The number of carbonyl (C=O) groups is 1. The smallest absolute Gasteiger partial charge is 0.267 e. The Hall–Kier alpha value is -2.52. The van der Waals surface area contributed by atoms with Gasteiger partial charge in [0.15, 0.2) is 0 Å². The molecular weight excluding hydrogens is 370 g/mol. The Morgan fingerprint density at radius 1 is 1.12 bits per heavy atom. The fourth-order valence-electron chi connectivity index (χ4n) is 2.76. The highest BCUT2D eigenvalue weighted by molar-refractivity contribution is 7.91. The van der Waals surface area contributed by atoms with E-state index in [-0.39, 0.29) is 16.1 Å². The molecule has 128 valence electrons. The number of nitrogens with zero attached hydrogens (tertiary/aromatic N) is 1. The summed E-state index contributed by atoms with van der Waals surface area (Å²) in [6.45, 7) is -0.431. The summed E-state index contributed by atoms with van der Waals surface area (Å²) in [5, 5.41) is 0.567. The number of halogens is 2. The maximum atomic E-state index is 14.0. The van der Waals surface area contributed by atoms with Gasteiger partial charge in [0.05, 0.1) is 12.2 Å². The summed E-state index contributed by atoms with van der Waals surface area (Å²) in [5.41, 5.74) is 0.0639. The number of anilines is 1. The van der Waals surface area contributed by atoms with Crippen molar-refractivity contribution in [1.29, 1.82) is 0 Å². The second-order valence-electron chi connectivity index (χ2n) is 5.45. The molecule has 0 unspecified atom stereocenters. The highest BCUT2D eigenvalue weighted by atomic mass is 32.2. The molecule has 0 atom stereocenters. The van der Waals surface area contributed by atoms with Crippen molar-refractivity contribution >= 4 is 43.2 Å². The molecule has 1 amide bonds. The number of carbonyl (C=O) groups excluding carboxylic acids is 1. The summed E-state index contributed by atoms with van der Waals surface area (Å²) in [5.74, 6) is -2.13. The maximum Gasteiger partial charge on any atom is 0.326 e. The first-order valence-electron chi connectivity index (χ1n) is 7.17. The van der Waals surface area contributed by atoms with E-state index in [1.54, 1.807) is 24.3 Å². The van der Waals surface area contributed by atoms with Crippen LogP contribution in [0.3, 0.4) is 0 Å². The zero-order valence-corrected chi connectivity index (χ0v) is 14.1. The lowest BCUT2D eigenvalue weighted by Crippen LogP contribution is -2.47. The average Bonchev–Trinajstić information content (AvgIpc) is 2.94. The minimum atomic E-state index is -4.22. The zero-order valence-electron chi connectivity index (χ0n) is 12.5. The van der Waals surface area contributed by atoms with Crippen LogP contribution in [0.2, 0.25) is 0 Å². The van der Waals surface area contributed by atoms with Crippen LogP contribution in [0.5, 0.6) is 0 Å². The molecule has 25 heavy (non-hydrogen) atoms. The highest BCUT2D eigenvalue weighted by Crippen LogP contribution is 2.42. The van der Waals surface area contributed by atoms with Crippen molar-refractivity contribution in [2.45, 2.75) is 6.54 Å². The van der Waals surface area contributed by atoms with E-state index in [0.29, 0.717) is 5.39 Å². The number of rotatable bonds is 2. The Labute approximate surface area is 145 Å². The number of amides is 1. The zero-order chi connectivity index (χ0) is 17.8. The monoisotopic (exact) mass is 380 g/mol. The first-order chi connectivity index (χ1) is 11.9. The van der Waals surface area contributed by atoms with E-state index in [2.05, 4.69) is 0 Å². The molecule has 1 aromatic heterocycles. The number of nitrogens with one attached hydrogen (secondary N) is 1. The number of thiophene rings is 1. The van der Waals surface area contributed by atoms with Gasteiger partial charge < -0.3 is 0 Å². The molecule has 0 saturated carbocycles. The summed E-state index contributed by atoms with van der Waals surface area (Å²) in [6.07, 6.45) is 0. The molecule has 2 aromatic carbocycles. The summed E-state index contributed by atoms with van der Waals surface area (Å²) in [6, 6.07) is 9.77. The van der Waals surface area contributed by atoms with E-state index in [4.69, 9.17) is 0 Å². The van der Waals surface area contributed by atoms with Gasteiger partial charge >= 0.3 is 10.2 Å². The molecule has 0 bridgehead atoms. The van der Waals surface area contributed by atoms with Crippen LogP contribution in [0, 0.1) is 11.6 Å². The molecule has 0 radical (unpaired) electrons. The standard InChI is InChI=1S/C16H10F2N2O3S2/c17-10-5-6-12(18)9(7-10)8-20-14-11-3-1-2-4-13(11)24-15(14)16(21)19-25(20,22)23/h1-7H,8H2,(H,19,21). The Balaban J connectivity index is 1.93. The third kappa shape index (κ3) is 2.56. The van der Waals surface area contributed by atoms with Crippen molar-refractivity contribution in [2.24, 2.45) is 0 Å². The summed E-state index contributed by atoms with van der Waals surface area (Å²) in [7, 11) is -4.22. The van der Waals surface area contributed by atoms with Crippen molar-refractivity contribution in [3.05, 3.63) is 64.5 Å². The van der Waals surface area contributed by atoms with Crippen LogP contribution in [-0.2, 0) is 16.8 Å². The molecule has 1 N–H and O–H groups in total. The van der Waals surface area contributed by atoms with E-state index in [1.807, 2.05) is 4.72 Å². The lowest BCUT2D eigenvalue weighted by atomic mass is 10.1. The molecule has 0 saturated heterocycles. The Morgan fingerprint density at radius 3 is 2.68 bits per heavy atom. The van der Waals surface area contributed by atoms with E-state index in [1.165, 1.54) is 0 Å². The molecule has 0 fully saturated rings. The lowest BCUT2D eigenvalue weighted by Gasteiger charge is -2.28. The van der Waals surface area contributed by atoms with Crippen molar-refractivity contribution < 1.29 is 22.0 Å². The van der Waals surface area contributed by atoms with E-state index in [9.17, 15) is 22.0 Å². The fraction of sp³-hybridized carbons (Fsp3) is 0.0625. The van der Waals surface area contributed by atoms with E-state index in [0.717, 1.165) is 38.5 Å². The summed E-state index contributed by atoms with van der Waals surface area (Å²) in [4.78, 5) is 12.4. The average molecular weight is 380 g/mol. The van der Waals surface area contributed by atoms with Crippen LogP contribution < -0.4 is 9.03 Å². The number of hydrogen-bond donors (Lipinski definition) is 1. The molecule has 9 heteroatoms. The van der Waals surface area contributed by atoms with Crippen molar-refractivity contribution in [2.75, 3.05) is 4.31 Å². The van der Waals surface area contributed by atoms with Gasteiger partial charge in [-0.1, -0.05) is 18.2 Å². The van der Waals surface area contributed by atoms with Gasteiger partial charge in [0.25, 0.3) is 5.91 Å². The van der Waals surface area contributed by atoms with Gasteiger partial charge in [-0.25, -0.2) is 17.8 Å². The highest BCUT2D eigenvalue weighted by Gasteiger charge is 2.37. The van der Waals surface area contributed by atoms with Gasteiger partial charge in [0.2, 0.25) is 0 Å². The van der Waals surface area contributed by atoms with Crippen LogP contribution in [0.15, 0.2) is 42.5 Å². The Morgan fingerprint density at radius 2 is 1.88 bits per heavy atom. The quantitative estimate of drug-likeness (QED) is 0.743. The SMILES string of the molecule is O=C1NS(=O)(=O)N(Cc2cc(F)ccc2F)c2c1sc1ccccc21. The largest absolute Gasteiger partial charge is 0.326 e. The number of hydrogen-bond acceptors (Lipinski definition) is 4. The van der Waals surface area contributed by atoms with Gasteiger partial charge in [0.1, 0.15) is 16.5 Å². The third-order valence-electron chi connectivity index (χ3n) is 3.86. The van der Waals surface area contributed by atoms with Crippen LogP contribution in [-0.4, -0.2) is 14.3 Å².